The number of benzene rings is 1. The molecular weight excluding hydrogens is 202 g/mol. The molecule has 4 heteroatoms. The fraction of sp³-hybridized carbons (Fsp3) is 0.0833. The van der Waals surface area contributed by atoms with E-state index < -0.39 is 0 Å². The Hall–Kier alpha value is -2.23. The zero-order valence-electron chi connectivity index (χ0n) is 8.84. The Kier molecular flexibility index (Phi) is 1.93. The Morgan fingerprint density at radius 1 is 1.25 bits per heavy atom. The Morgan fingerprint density at radius 2 is 2.06 bits per heavy atom. The van der Waals surface area contributed by atoms with E-state index in [-0.39, 0.29) is 0 Å². The van der Waals surface area contributed by atoms with Crippen LogP contribution in [-0.4, -0.2) is 9.78 Å². The smallest absolute Gasteiger partial charge is 0.195 e. The third-order valence-corrected chi connectivity index (χ3v) is 2.41. The van der Waals surface area contributed by atoms with E-state index >= 15 is 0 Å². The highest BCUT2D eigenvalue weighted by Gasteiger charge is 2.16. The van der Waals surface area contributed by atoms with Crippen molar-refractivity contribution in [2.24, 2.45) is 7.05 Å². The van der Waals surface area contributed by atoms with Crippen LogP contribution in [-0.2, 0) is 7.05 Å². The minimum Gasteiger partial charge on any atom is -0.450 e. The van der Waals surface area contributed by atoms with Crippen LogP contribution < -0.4 is 10.1 Å². The Labute approximate surface area is 93.2 Å². The molecule has 80 valence electrons. The number of anilines is 1. The number of fused-ring (bicyclic) bond motifs is 1. The van der Waals surface area contributed by atoms with E-state index in [1.807, 2.05) is 49.8 Å². The fourth-order valence-corrected chi connectivity index (χ4v) is 1.67. The summed E-state index contributed by atoms with van der Waals surface area (Å²) in [5.74, 6) is 2.31. The molecule has 1 aliphatic heterocycles. The molecule has 0 radical (unpaired) electrons. The van der Waals surface area contributed by atoms with Gasteiger partial charge in [0.15, 0.2) is 17.3 Å². The summed E-state index contributed by atoms with van der Waals surface area (Å²) in [6.45, 7) is 0. The molecule has 0 saturated carbocycles. The van der Waals surface area contributed by atoms with Crippen molar-refractivity contribution in [2.75, 3.05) is 5.32 Å². The van der Waals surface area contributed by atoms with Gasteiger partial charge in [-0.1, -0.05) is 30.3 Å². The lowest BCUT2D eigenvalue weighted by atomic mass is 10.2. The first-order valence-electron chi connectivity index (χ1n) is 5.06. The van der Waals surface area contributed by atoms with E-state index in [0.29, 0.717) is 0 Å². The molecule has 16 heavy (non-hydrogen) atoms. The van der Waals surface area contributed by atoms with E-state index in [2.05, 4.69) is 10.4 Å². The average molecular weight is 213 g/mol. The third-order valence-electron chi connectivity index (χ3n) is 2.41. The quantitative estimate of drug-likeness (QED) is 0.789. The van der Waals surface area contributed by atoms with Gasteiger partial charge in [-0.2, -0.15) is 5.10 Å². The van der Waals surface area contributed by atoms with Crippen LogP contribution in [0.5, 0.6) is 5.75 Å². The van der Waals surface area contributed by atoms with Crippen LogP contribution in [0.25, 0.3) is 5.76 Å². The standard InChI is InChI=1S/C12H11N3O/c1-15-8-11-12(14-15)13-7-10(16-11)9-5-3-2-4-6-9/h2-8H,1H3,(H,13,14). The first-order chi connectivity index (χ1) is 7.83. The van der Waals surface area contributed by atoms with Crippen molar-refractivity contribution >= 4 is 11.6 Å². The molecule has 1 N–H and O–H groups in total. The van der Waals surface area contributed by atoms with E-state index in [4.69, 9.17) is 4.74 Å². The van der Waals surface area contributed by atoms with Gasteiger partial charge in [0.2, 0.25) is 0 Å². The minimum atomic E-state index is 0.752. The number of ether oxygens (including phenoxy) is 1. The summed E-state index contributed by atoms with van der Waals surface area (Å²) in [5, 5.41) is 7.33. The van der Waals surface area contributed by atoms with Gasteiger partial charge < -0.3 is 10.1 Å². The van der Waals surface area contributed by atoms with Crippen LogP contribution in [0.4, 0.5) is 5.82 Å². The monoisotopic (exact) mass is 213 g/mol. The molecule has 2 aromatic rings. The molecule has 0 atom stereocenters. The average Bonchev–Trinajstić information content (AvgIpc) is 2.69. The maximum absolute atomic E-state index is 5.75. The number of hydrogen-bond donors (Lipinski definition) is 1. The molecular formula is C12H11N3O. The van der Waals surface area contributed by atoms with Crippen molar-refractivity contribution in [3.8, 4) is 5.75 Å². The van der Waals surface area contributed by atoms with E-state index in [1.165, 1.54) is 0 Å². The molecule has 0 fully saturated rings. The lowest BCUT2D eigenvalue weighted by molar-refractivity contribution is 0.510. The SMILES string of the molecule is Cn1cc2c(n1)NC=C(c1ccccc1)O2. The van der Waals surface area contributed by atoms with Crippen LogP contribution in [0.1, 0.15) is 5.56 Å². The summed E-state index contributed by atoms with van der Waals surface area (Å²) in [6.07, 6.45) is 3.67. The van der Waals surface area contributed by atoms with Crippen LogP contribution in [0.15, 0.2) is 42.7 Å². The normalized spacial score (nSPS) is 13.4. The van der Waals surface area contributed by atoms with Gasteiger partial charge in [-0.05, 0) is 0 Å². The predicted molar refractivity (Wildman–Crippen MR) is 61.9 cm³/mol. The highest BCUT2D eigenvalue weighted by atomic mass is 16.5. The van der Waals surface area contributed by atoms with Crippen molar-refractivity contribution in [1.82, 2.24) is 9.78 Å². The summed E-state index contributed by atoms with van der Waals surface area (Å²) < 4.78 is 7.48. The van der Waals surface area contributed by atoms with Gasteiger partial charge >= 0.3 is 0 Å². The fourth-order valence-electron chi connectivity index (χ4n) is 1.67. The zero-order chi connectivity index (χ0) is 11.0. The predicted octanol–water partition coefficient (Wildman–Crippen LogP) is 2.22. The summed E-state index contributed by atoms with van der Waals surface area (Å²) in [7, 11) is 1.87. The maximum atomic E-state index is 5.75. The molecule has 0 unspecified atom stereocenters. The second kappa shape index (κ2) is 3.41. The number of aryl methyl sites for hydroxylation is 1. The van der Waals surface area contributed by atoms with Crippen LogP contribution in [0.3, 0.4) is 0 Å². The Balaban J connectivity index is 1.94. The molecule has 0 amide bonds. The molecule has 3 rings (SSSR count). The van der Waals surface area contributed by atoms with Gasteiger partial charge in [0.1, 0.15) is 0 Å². The second-order valence-corrected chi connectivity index (χ2v) is 3.64. The van der Waals surface area contributed by atoms with Crippen molar-refractivity contribution in [3.05, 3.63) is 48.3 Å². The van der Waals surface area contributed by atoms with Gasteiger partial charge in [0, 0.05) is 18.8 Å². The van der Waals surface area contributed by atoms with Crippen LogP contribution >= 0.6 is 0 Å². The van der Waals surface area contributed by atoms with Gasteiger partial charge in [-0.3, -0.25) is 4.68 Å². The number of nitrogens with one attached hydrogen (secondary N) is 1. The van der Waals surface area contributed by atoms with Gasteiger partial charge in [-0.15, -0.1) is 0 Å². The molecule has 1 aromatic heterocycles. The lowest BCUT2D eigenvalue weighted by Gasteiger charge is -2.14. The highest BCUT2D eigenvalue weighted by Crippen LogP contribution is 2.31. The number of rotatable bonds is 1. The third kappa shape index (κ3) is 1.44. The maximum Gasteiger partial charge on any atom is 0.195 e. The second-order valence-electron chi connectivity index (χ2n) is 3.64. The number of aromatic nitrogens is 2. The largest absolute Gasteiger partial charge is 0.450 e. The molecule has 1 aromatic carbocycles. The van der Waals surface area contributed by atoms with Gasteiger partial charge in [-0.25, -0.2) is 0 Å². The summed E-state index contributed by atoms with van der Waals surface area (Å²) in [5.41, 5.74) is 1.05. The van der Waals surface area contributed by atoms with E-state index in [9.17, 15) is 0 Å². The topological polar surface area (TPSA) is 39.1 Å². The zero-order valence-corrected chi connectivity index (χ0v) is 8.84. The molecule has 0 spiro atoms. The van der Waals surface area contributed by atoms with Crippen LogP contribution in [0, 0.1) is 0 Å². The lowest BCUT2D eigenvalue weighted by Crippen LogP contribution is -2.05. The molecule has 2 heterocycles. The first kappa shape index (κ1) is 9.03. The van der Waals surface area contributed by atoms with E-state index in [1.54, 1.807) is 4.68 Å². The summed E-state index contributed by atoms with van der Waals surface area (Å²) in [6, 6.07) is 9.97. The molecule has 0 aliphatic carbocycles. The van der Waals surface area contributed by atoms with Crippen LogP contribution in [0.2, 0.25) is 0 Å². The molecule has 0 bridgehead atoms. The Bertz CT molecular complexity index is 543. The summed E-state index contributed by atoms with van der Waals surface area (Å²) in [4.78, 5) is 0. The molecule has 1 aliphatic rings. The molecule has 0 saturated heterocycles. The molecule has 4 nitrogen and oxygen atoms in total. The van der Waals surface area contributed by atoms with Gasteiger partial charge in [0.25, 0.3) is 0 Å². The number of hydrogen-bond acceptors (Lipinski definition) is 3. The van der Waals surface area contributed by atoms with Crippen molar-refractivity contribution < 1.29 is 4.74 Å². The van der Waals surface area contributed by atoms with Crippen molar-refractivity contribution in [3.63, 3.8) is 0 Å². The summed E-state index contributed by atoms with van der Waals surface area (Å²) >= 11 is 0. The van der Waals surface area contributed by atoms with Crippen molar-refractivity contribution in [1.29, 1.82) is 0 Å². The highest BCUT2D eigenvalue weighted by molar-refractivity contribution is 5.70. The minimum absolute atomic E-state index is 0.752. The van der Waals surface area contributed by atoms with E-state index in [0.717, 1.165) is 22.9 Å². The Morgan fingerprint density at radius 3 is 2.88 bits per heavy atom. The van der Waals surface area contributed by atoms with Gasteiger partial charge in [0.05, 0.1) is 6.20 Å². The first-order valence-corrected chi connectivity index (χ1v) is 5.06. The van der Waals surface area contributed by atoms with Crippen molar-refractivity contribution in [2.45, 2.75) is 0 Å². The number of nitrogens with zero attached hydrogens (tertiary/aromatic N) is 2.